The maximum atomic E-state index is 11.8. The lowest BCUT2D eigenvalue weighted by Crippen LogP contribution is -2.23. The highest BCUT2D eigenvalue weighted by atomic mass is 16.7. The van der Waals surface area contributed by atoms with Crippen LogP contribution >= 0.6 is 0 Å². The SMILES string of the molecule is CC/C=C/C(=O)OC(CCCCC)Oc1ccc(C(C)=O)c(C)c1. The molecule has 1 aromatic rings. The molecule has 1 unspecified atom stereocenters. The first-order valence-corrected chi connectivity index (χ1v) is 8.63. The normalized spacial score (nSPS) is 12.2. The van der Waals surface area contributed by atoms with Crippen molar-refractivity contribution in [1.82, 2.24) is 0 Å². The third kappa shape index (κ3) is 6.99. The minimum Gasteiger partial charge on any atom is -0.455 e. The second kappa shape index (κ2) is 10.6. The van der Waals surface area contributed by atoms with Crippen LogP contribution in [0.15, 0.2) is 30.4 Å². The second-order valence-corrected chi connectivity index (χ2v) is 5.82. The molecule has 4 nitrogen and oxygen atoms in total. The van der Waals surface area contributed by atoms with Gasteiger partial charge in [0.15, 0.2) is 5.78 Å². The van der Waals surface area contributed by atoms with Crippen LogP contribution < -0.4 is 4.74 Å². The maximum absolute atomic E-state index is 11.8. The van der Waals surface area contributed by atoms with Crippen LogP contribution in [0.4, 0.5) is 0 Å². The van der Waals surface area contributed by atoms with Gasteiger partial charge in [0, 0.05) is 18.1 Å². The van der Waals surface area contributed by atoms with Crippen molar-refractivity contribution in [2.45, 2.75) is 66.1 Å². The van der Waals surface area contributed by atoms with Crippen LogP contribution in [0.3, 0.4) is 0 Å². The van der Waals surface area contributed by atoms with E-state index in [1.54, 1.807) is 24.3 Å². The summed E-state index contributed by atoms with van der Waals surface area (Å²) in [6.07, 6.45) is 7.07. The van der Waals surface area contributed by atoms with Gasteiger partial charge in [-0.2, -0.15) is 0 Å². The zero-order valence-electron chi connectivity index (χ0n) is 15.1. The monoisotopic (exact) mass is 332 g/mol. The Kier molecular flexibility index (Phi) is 8.84. The number of esters is 1. The number of ether oxygens (including phenoxy) is 2. The molecule has 0 aliphatic rings. The second-order valence-electron chi connectivity index (χ2n) is 5.82. The molecule has 0 spiro atoms. The Morgan fingerprint density at radius 1 is 1.21 bits per heavy atom. The standard InChI is InChI=1S/C20H28O4/c1-5-7-9-11-20(24-19(22)10-8-6-2)23-17-12-13-18(16(4)21)15(3)14-17/h8,10,12-14,20H,5-7,9,11H2,1-4H3/b10-8+. The summed E-state index contributed by atoms with van der Waals surface area (Å²) in [6, 6.07) is 5.29. The molecule has 0 bridgehead atoms. The first kappa shape index (κ1) is 19.9. The molecule has 0 fully saturated rings. The van der Waals surface area contributed by atoms with Crippen LogP contribution in [0, 0.1) is 6.92 Å². The minimum atomic E-state index is -0.617. The summed E-state index contributed by atoms with van der Waals surface area (Å²) in [6.45, 7) is 7.48. The molecular weight excluding hydrogens is 304 g/mol. The van der Waals surface area contributed by atoms with E-state index in [1.807, 2.05) is 13.8 Å². The predicted octanol–water partition coefficient (Wildman–Crippen LogP) is 4.99. The predicted molar refractivity (Wildman–Crippen MR) is 95.3 cm³/mol. The molecule has 132 valence electrons. The molecule has 0 heterocycles. The lowest BCUT2D eigenvalue weighted by atomic mass is 10.1. The molecule has 4 heteroatoms. The summed E-state index contributed by atoms with van der Waals surface area (Å²) in [4.78, 5) is 23.3. The van der Waals surface area contributed by atoms with E-state index in [4.69, 9.17) is 9.47 Å². The van der Waals surface area contributed by atoms with Gasteiger partial charge < -0.3 is 9.47 Å². The first-order chi connectivity index (χ1) is 11.5. The Morgan fingerprint density at radius 3 is 2.54 bits per heavy atom. The van der Waals surface area contributed by atoms with E-state index in [9.17, 15) is 9.59 Å². The third-order valence-electron chi connectivity index (χ3n) is 3.63. The number of unbranched alkanes of at least 4 members (excludes halogenated alkanes) is 2. The highest BCUT2D eigenvalue weighted by Gasteiger charge is 2.15. The van der Waals surface area contributed by atoms with Crippen LogP contribution in [0.1, 0.15) is 68.8 Å². The van der Waals surface area contributed by atoms with Crippen molar-refractivity contribution in [2.75, 3.05) is 0 Å². The van der Waals surface area contributed by atoms with Crippen molar-refractivity contribution in [3.63, 3.8) is 0 Å². The molecule has 0 aliphatic carbocycles. The van der Waals surface area contributed by atoms with Crippen LogP contribution in [0.5, 0.6) is 5.75 Å². The van der Waals surface area contributed by atoms with Crippen LogP contribution in [-0.2, 0) is 9.53 Å². The molecule has 0 aliphatic heterocycles. The van der Waals surface area contributed by atoms with Crippen molar-refractivity contribution in [1.29, 1.82) is 0 Å². The number of ketones is 1. The van der Waals surface area contributed by atoms with Gasteiger partial charge in [-0.1, -0.05) is 32.8 Å². The van der Waals surface area contributed by atoms with Gasteiger partial charge in [-0.15, -0.1) is 0 Å². The fraction of sp³-hybridized carbons (Fsp3) is 0.500. The first-order valence-electron chi connectivity index (χ1n) is 8.63. The Hall–Kier alpha value is -2.10. The summed E-state index contributed by atoms with van der Waals surface area (Å²) < 4.78 is 11.2. The zero-order valence-corrected chi connectivity index (χ0v) is 15.1. The van der Waals surface area contributed by atoms with E-state index in [-0.39, 0.29) is 5.78 Å². The van der Waals surface area contributed by atoms with Crippen molar-refractivity contribution in [2.24, 2.45) is 0 Å². The topological polar surface area (TPSA) is 52.6 Å². The highest BCUT2D eigenvalue weighted by molar-refractivity contribution is 5.95. The van der Waals surface area contributed by atoms with E-state index in [0.717, 1.165) is 31.2 Å². The Morgan fingerprint density at radius 2 is 1.96 bits per heavy atom. The number of hydrogen-bond acceptors (Lipinski definition) is 4. The average Bonchev–Trinajstić information content (AvgIpc) is 2.52. The van der Waals surface area contributed by atoms with Gasteiger partial charge in [0.2, 0.25) is 6.29 Å². The largest absolute Gasteiger partial charge is 0.455 e. The van der Waals surface area contributed by atoms with Crippen LogP contribution in [-0.4, -0.2) is 18.0 Å². The third-order valence-corrected chi connectivity index (χ3v) is 3.63. The van der Waals surface area contributed by atoms with Gasteiger partial charge in [-0.05, 0) is 50.5 Å². The fourth-order valence-electron chi connectivity index (χ4n) is 2.34. The van der Waals surface area contributed by atoms with Gasteiger partial charge >= 0.3 is 5.97 Å². The highest BCUT2D eigenvalue weighted by Crippen LogP contribution is 2.21. The smallest absolute Gasteiger partial charge is 0.333 e. The molecule has 0 radical (unpaired) electrons. The number of hydrogen-bond donors (Lipinski definition) is 0. The summed E-state index contributed by atoms with van der Waals surface area (Å²) in [5.74, 6) is 0.233. The minimum absolute atomic E-state index is 0.0228. The molecule has 1 aromatic carbocycles. The lowest BCUT2D eigenvalue weighted by molar-refractivity contribution is -0.158. The molecular formula is C20H28O4. The van der Waals surface area contributed by atoms with Crippen molar-refractivity contribution in [3.05, 3.63) is 41.5 Å². The van der Waals surface area contributed by atoms with E-state index >= 15 is 0 Å². The van der Waals surface area contributed by atoms with E-state index in [1.165, 1.54) is 13.0 Å². The summed E-state index contributed by atoms with van der Waals surface area (Å²) >= 11 is 0. The lowest BCUT2D eigenvalue weighted by Gasteiger charge is -2.19. The number of carbonyl (C=O) groups excluding carboxylic acids is 2. The number of rotatable bonds is 10. The average molecular weight is 332 g/mol. The molecule has 0 amide bonds. The number of Topliss-reactive ketones (excluding diaryl/α,β-unsaturated/α-hetero) is 1. The van der Waals surface area contributed by atoms with Crippen molar-refractivity contribution in [3.8, 4) is 5.75 Å². The van der Waals surface area contributed by atoms with Crippen molar-refractivity contribution < 1.29 is 19.1 Å². The Balaban J connectivity index is 2.79. The summed E-state index contributed by atoms with van der Waals surface area (Å²) in [5.41, 5.74) is 1.53. The molecule has 1 atom stereocenters. The van der Waals surface area contributed by atoms with E-state index in [0.29, 0.717) is 17.7 Å². The van der Waals surface area contributed by atoms with E-state index in [2.05, 4.69) is 6.92 Å². The van der Waals surface area contributed by atoms with Gasteiger partial charge in [-0.3, -0.25) is 4.79 Å². The van der Waals surface area contributed by atoms with Crippen LogP contribution in [0.2, 0.25) is 0 Å². The Bertz CT molecular complexity index is 575. The zero-order chi connectivity index (χ0) is 17.9. The summed E-state index contributed by atoms with van der Waals surface area (Å²) in [5, 5.41) is 0. The van der Waals surface area contributed by atoms with Gasteiger partial charge in [0.1, 0.15) is 5.75 Å². The Labute approximate surface area is 144 Å². The molecule has 0 saturated heterocycles. The maximum Gasteiger partial charge on any atom is 0.333 e. The number of benzene rings is 1. The fourth-order valence-corrected chi connectivity index (χ4v) is 2.34. The van der Waals surface area contributed by atoms with Gasteiger partial charge in [-0.25, -0.2) is 4.79 Å². The number of aryl methyl sites for hydroxylation is 1. The number of allylic oxidation sites excluding steroid dienone is 1. The molecule has 1 rings (SSSR count). The van der Waals surface area contributed by atoms with Crippen LogP contribution in [0.25, 0.3) is 0 Å². The van der Waals surface area contributed by atoms with Crippen molar-refractivity contribution >= 4 is 11.8 Å². The molecule has 0 saturated carbocycles. The molecule has 0 N–H and O–H groups in total. The van der Waals surface area contributed by atoms with Gasteiger partial charge in [0.25, 0.3) is 0 Å². The van der Waals surface area contributed by atoms with E-state index < -0.39 is 12.3 Å². The molecule has 24 heavy (non-hydrogen) atoms. The quantitative estimate of drug-likeness (QED) is 0.199. The summed E-state index contributed by atoms with van der Waals surface area (Å²) in [7, 11) is 0. The number of carbonyl (C=O) groups is 2. The molecule has 0 aromatic heterocycles. The van der Waals surface area contributed by atoms with Gasteiger partial charge in [0.05, 0.1) is 0 Å².